The van der Waals surface area contributed by atoms with E-state index in [1.807, 2.05) is 27.7 Å². The molecule has 0 aliphatic carbocycles. The summed E-state index contributed by atoms with van der Waals surface area (Å²) in [5, 5.41) is 16.1. The third-order valence-corrected chi connectivity index (χ3v) is 6.43. The molecule has 1 unspecified atom stereocenters. The van der Waals surface area contributed by atoms with Crippen molar-refractivity contribution >= 4 is 11.8 Å². The third-order valence-electron chi connectivity index (χ3n) is 6.43. The number of phenols is 1. The van der Waals surface area contributed by atoms with Gasteiger partial charge in [-0.05, 0) is 71.9 Å². The minimum absolute atomic E-state index is 0.0407. The van der Waals surface area contributed by atoms with Crippen molar-refractivity contribution < 1.29 is 14.7 Å². The molecule has 1 heterocycles. The number of hydrogen-bond donors (Lipinski definition) is 3. The van der Waals surface area contributed by atoms with Crippen LogP contribution in [0.2, 0.25) is 0 Å². The van der Waals surface area contributed by atoms with Crippen LogP contribution in [0.25, 0.3) is 0 Å². The van der Waals surface area contributed by atoms with Crippen molar-refractivity contribution in [3.63, 3.8) is 0 Å². The summed E-state index contributed by atoms with van der Waals surface area (Å²) in [6, 6.07) is 4.84. The molecule has 2 rings (SSSR count). The fourth-order valence-electron chi connectivity index (χ4n) is 4.44. The molecule has 3 N–H and O–H groups in total. The van der Waals surface area contributed by atoms with Crippen LogP contribution < -0.4 is 10.6 Å². The normalized spacial score (nSPS) is 21.3. The molecule has 1 aliphatic rings. The van der Waals surface area contributed by atoms with E-state index >= 15 is 0 Å². The number of amides is 2. The first-order chi connectivity index (χ1) is 15.0. The summed E-state index contributed by atoms with van der Waals surface area (Å²) in [6.45, 7) is 13.7. The maximum absolute atomic E-state index is 13.1. The molecule has 0 spiro atoms. The third kappa shape index (κ3) is 7.80. The summed E-state index contributed by atoms with van der Waals surface area (Å²) >= 11 is 0. The van der Waals surface area contributed by atoms with Crippen molar-refractivity contribution in [3.8, 4) is 5.75 Å². The van der Waals surface area contributed by atoms with E-state index in [4.69, 9.17) is 0 Å². The minimum atomic E-state index is -0.254. The van der Waals surface area contributed by atoms with Gasteiger partial charge < -0.3 is 15.7 Å². The molecule has 1 aromatic rings. The lowest BCUT2D eigenvalue weighted by Crippen LogP contribution is -2.54. The van der Waals surface area contributed by atoms with Gasteiger partial charge in [-0.25, -0.2) is 0 Å². The fourth-order valence-corrected chi connectivity index (χ4v) is 4.44. The number of carbonyl (C=O) groups is 2. The Labute approximate surface area is 194 Å². The van der Waals surface area contributed by atoms with E-state index < -0.39 is 0 Å². The number of rotatable bonds is 7. The zero-order chi connectivity index (χ0) is 23.9. The van der Waals surface area contributed by atoms with Crippen LogP contribution in [0.15, 0.2) is 18.2 Å². The van der Waals surface area contributed by atoms with Gasteiger partial charge in [0.25, 0.3) is 5.91 Å². The van der Waals surface area contributed by atoms with Crippen LogP contribution in [-0.4, -0.2) is 52.5 Å². The summed E-state index contributed by atoms with van der Waals surface area (Å²) in [7, 11) is 0. The summed E-state index contributed by atoms with van der Waals surface area (Å²) in [5.41, 5.74) is 0.831. The molecule has 1 aliphatic heterocycles. The average molecular weight is 446 g/mol. The lowest BCUT2D eigenvalue weighted by molar-refractivity contribution is -0.128. The molecule has 180 valence electrons. The number of phenolic OH excluding ortho intramolecular Hbond substituents is 1. The Morgan fingerprint density at radius 2 is 1.91 bits per heavy atom. The second-order valence-electron chi connectivity index (χ2n) is 10.4. The van der Waals surface area contributed by atoms with Crippen LogP contribution >= 0.6 is 0 Å². The van der Waals surface area contributed by atoms with Crippen LogP contribution in [0.5, 0.6) is 5.75 Å². The van der Waals surface area contributed by atoms with Crippen molar-refractivity contribution in [1.29, 1.82) is 0 Å². The Kier molecular flexibility index (Phi) is 9.56. The molecule has 2 amide bonds. The van der Waals surface area contributed by atoms with Crippen LogP contribution in [0.3, 0.4) is 0 Å². The Balaban J connectivity index is 2.05. The highest BCUT2D eigenvalue weighted by atomic mass is 16.3. The van der Waals surface area contributed by atoms with Gasteiger partial charge in [-0.15, -0.1) is 0 Å². The first-order valence-corrected chi connectivity index (χ1v) is 12.2. The highest BCUT2D eigenvalue weighted by Crippen LogP contribution is 2.24. The lowest BCUT2D eigenvalue weighted by atomic mass is 9.92. The molecule has 0 aromatic heterocycles. The molecule has 1 fully saturated rings. The number of aromatic hydroxyl groups is 1. The topological polar surface area (TPSA) is 81.7 Å². The lowest BCUT2D eigenvalue weighted by Gasteiger charge is -2.37. The van der Waals surface area contributed by atoms with Gasteiger partial charge in [-0.3, -0.25) is 14.5 Å². The van der Waals surface area contributed by atoms with E-state index in [1.54, 1.807) is 25.1 Å². The highest BCUT2D eigenvalue weighted by molar-refractivity contribution is 5.96. The second-order valence-corrected chi connectivity index (χ2v) is 10.4. The fraction of sp³-hybridized carbons (Fsp3) is 0.692. The monoisotopic (exact) mass is 445 g/mol. The Bertz CT molecular complexity index is 772. The predicted molar refractivity (Wildman–Crippen MR) is 130 cm³/mol. The minimum Gasteiger partial charge on any atom is -0.508 e. The Morgan fingerprint density at radius 3 is 2.56 bits per heavy atom. The van der Waals surface area contributed by atoms with E-state index in [1.165, 1.54) is 12.8 Å². The molecule has 32 heavy (non-hydrogen) atoms. The SMILES string of the molecule is CC[C@@H]1CCCCC(C(=O)NC(C)(C)C)N(CC[C@H](C)NC(=O)c2cccc(O)c2C)C1. The maximum Gasteiger partial charge on any atom is 0.251 e. The Morgan fingerprint density at radius 1 is 1.22 bits per heavy atom. The van der Waals surface area contributed by atoms with Gasteiger partial charge in [0.15, 0.2) is 0 Å². The van der Waals surface area contributed by atoms with Crippen molar-refractivity contribution in [2.45, 2.75) is 97.7 Å². The van der Waals surface area contributed by atoms with Gasteiger partial charge in [0.05, 0.1) is 6.04 Å². The molecule has 0 bridgehead atoms. The molecule has 1 aromatic carbocycles. The maximum atomic E-state index is 13.1. The van der Waals surface area contributed by atoms with Gasteiger partial charge in [0, 0.05) is 35.8 Å². The molecule has 6 heteroatoms. The number of benzene rings is 1. The van der Waals surface area contributed by atoms with E-state index in [0.717, 1.165) is 38.8 Å². The molecular weight excluding hydrogens is 402 g/mol. The number of hydrogen-bond acceptors (Lipinski definition) is 4. The molecular formula is C26H43N3O3. The Hall–Kier alpha value is -2.08. The van der Waals surface area contributed by atoms with Gasteiger partial charge in [0.2, 0.25) is 5.91 Å². The summed E-state index contributed by atoms with van der Waals surface area (Å²) in [6.07, 6.45) is 6.22. The zero-order valence-electron chi connectivity index (χ0n) is 20.8. The molecule has 1 saturated heterocycles. The predicted octanol–water partition coefficient (Wildman–Crippen LogP) is 4.39. The van der Waals surface area contributed by atoms with Crippen LogP contribution in [0.4, 0.5) is 0 Å². The highest BCUT2D eigenvalue weighted by Gasteiger charge is 2.31. The molecule has 6 nitrogen and oxygen atoms in total. The largest absolute Gasteiger partial charge is 0.508 e. The van der Waals surface area contributed by atoms with Crippen LogP contribution in [-0.2, 0) is 4.79 Å². The standard InChI is InChI=1S/C26H43N3O3/c1-7-20-11-8-9-13-22(25(32)28-26(4,5)6)29(17-20)16-15-18(2)27-24(31)21-12-10-14-23(30)19(21)3/h10,12,14,18,20,22,30H,7-9,11,13,15-17H2,1-6H3,(H,27,31)(H,28,32)/t18-,20+,22?/m0/s1. The van der Waals surface area contributed by atoms with Crippen molar-refractivity contribution in [2.75, 3.05) is 13.1 Å². The smallest absolute Gasteiger partial charge is 0.251 e. The van der Waals surface area contributed by atoms with E-state index in [-0.39, 0.29) is 35.2 Å². The van der Waals surface area contributed by atoms with Crippen LogP contribution in [0, 0.1) is 12.8 Å². The summed E-state index contributed by atoms with van der Waals surface area (Å²) in [5.74, 6) is 0.665. The van der Waals surface area contributed by atoms with Crippen molar-refractivity contribution in [2.24, 2.45) is 5.92 Å². The van der Waals surface area contributed by atoms with Gasteiger partial charge in [-0.2, -0.15) is 0 Å². The van der Waals surface area contributed by atoms with Crippen LogP contribution in [0.1, 0.15) is 89.1 Å². The van der Waals surface area contributed by atoms with Gasteiger partial charge in [0.1, 0.15) is 5.75 Å². The van der Waals surface area contributed by atoms with Gasteiger partial charge in [-0.1, -0.05) is 32.3 Å². The number of nitrogens with one attached hydrogen (secondary N) is 2. The number of likely N-dealkylation sites (tertiary alicyclic amines) is 1. The molecule has 0 radical (unpaired) electrons. The zero-order valence-corrected chi connectivity index (χ0v) is 20.8. The van der Waals surface area contributed by atoms with E-state index in [9.17, 15) is 14.7 Å². The first kappa shape index (κ1) is 26.2. The van der Waals surface area contributed by atoms with Crippen molar-refractivity contribution in [1.82, 2.24) is 15.5 Å². The average Bonchev–Trinajstić information content (AvgIpc) is 2.68. The molecule has 3 atom stereocenters. The van der Waals surface area contributed by atoms with Gasteiger partial charge >= 0.3 is 0 Å². The van der Waals surface area contributed by atoms with Crippen molar-refractivity contribution in [3.05, 3.63) is 29.3 Å². The summed E-state index contributed by atoms with van der Waals surface area (Å²) < 4.78 is 0. The number of carbonyl (C=O) groups excluding carboxylic acids is 2. The number of nitrogens with zero attached hydrogens (tertiary/aromatic N) is 1. The quantitative estimate of drug-likeness (QED) is 0.581. The molecule has 0 saturated carbocycles. The second kappa shape index (κ2) is 11.7. The van der Waals surface area contributed by atoms with E-state index in [0.29, 0.717) is 17.0 Å². The van der Waals surface area contributed by atoms with E-state index in [2.05, 4.69) is 22.5 Å². The summed E-state index contributed by atoms with van der Waals surface area (Å²) in [4.78, 5) is 28.2. The first-order valence-electron chi connectivity index (χ1n) is 12.2.